The standard InChI is InChI=1S/C19H21N7O2/c1-11-15(16(21)17-18(24-11)26-28-25-17)9-12-3-5-13(6-4-12)19(27)23-10-14(20)7-8-22-2/h3-8H,9-10,20-21H2,1-2H3,(H,23,27)/b14-7-,22-8?. The topological polar surface area (TPSA) is 145 Å². The molecule has 0 atom stereocenters. The van der Waals surface area contributed by atoms with Crippen molar-refractivity contribution in [2.45, 2.75) is 13.3 Å². The minimum atomic E-state index is -0.205. The first kappa shape index (κ1) is 19.0. The third kappa shape index (κ3) is 4.14. The number of nitrogens with zero attached hydrogens (tertiary/aromatic N) is 4. The van der Waals surface area contributed by atoms with Crippen LogP contribution in [0.3, 0.4) is 0 Å². The van der Waals surface area contributed by atoms with E-state index in [9.17, 15) is 4.79 Å². The van der Waals surface area contributed by atoms with E-state index >= 15 is 0 Å². The van der Waals surface area contributed by atoms with Gasteiger partial charge in [0, 0.05) is 42.2 Å². The van der Waals surface area contributed by atoms with Gasteiger partial charge in [0.15, 0.2) is 5.52 Å². The predicted octanol–water partition coefficient (Wildman–Crippen LogP) is 1.37. The van der Waals surface area contributed by atoms with Crippen LogP contribution in [-0.4, -0.2) is 41.0 Å². The van der Waals surface area contributed by atoms with Crippen molar-refractivity contribution in [1.29, 1.82) is 0 Å². The van der Waals surface area contributed by atoms with Crippen LogP contribution in [0, 0.1) is 6.92 Å². The van der Waals surface area contributed by atoms with Crippen LogP contribution in [0.25, 0.3) is 11.2 Å². The summed E-state index contributed by atoms with van der Waals surface area (Å²) in [4.78, 5) is 20.4. The number of hydrogen-bond donors (Lipinski definition) is 3. The van der Waals surface area contributed by atoms with Gasteiger partial charge in [0.2, 0.25) is 5.65 Å². The molecule has 9 nitrogen and oxygen atoms in total. The number of amides is 1. The van der Waals surface area contributed by atoms with Gasteiger partial charge in [-0.15, -0.1) is 0 Å². The Morgan fingerprint density at radius 3 is 2.75 bits per heavy atom. The van der Waals surface area contributed by atoms with Crippen LogP contribution in [-0.2, 0) is 6.42 Å². The van der Waals surface area contributed by atoms with Crippen molar-refractivity contribution < 1.29 is 9.42 Å². The fourth-order valence-corrected chi connectivity index (χ4v) is 2.71. The average Bonchev–Trinajstić information content (AvgIpc) is 3.16. The van der Waals surface area contributed by atoms with Gasteiger partial charge in [-0.05, 0) is 41.0 Å². The molecule has 0 bridgehead atoms. The highest BCUT2D eigenvalue weighted by atomic mass is 16.6. The molecule has 144 valence electrons. The second kappa shape index (κ2) is 8.30. The molecule has 0 aliphatic heterocycles. The van der Waals surface area contributed by atoms with Crippen LogP contribution in [0.4, 0.5) is 5.69 Å². The Morgan fingerprint density at radius 1 is 1.29 bits per heavy atom. The van der Waals surface area contributed by atoms with Crippen molar-refractivity contribution in [2.24, 2.45) is 10.7 Å². The van der Waals surface area contributed by atoms with E-state index in [2.05, 4.69) is 25.6 Å². The molecule has 0 aliphatic carbocycles. The largest absolute Gasteiger partial charge is 0.401 e. The summed E-state index contributed by atoms with van der Waals surface area (Å²) >= 11 is 0. The summed E-state index contributed by atoms with van der Waals surface area (Å²) in [6, 6.07) is 7.27. The van der Waals surface area contributed by atoms with E-state index in [4.69, 9.17) is 16.1 Å². The number of benzene rings is 1. The van der Waals surface area contributed by atoms with Crippen LogP contribution in [0.15, 0.2) is 45.7 Å². The van der Waals surface area contributed by atoms with E-state index in [-0.39, 0.29) is 12.5 Å². The lowest BCUT2D eigenvalue weighted by Gasteiger charge is -2.10. The monoisotopic (exact) mass is 379 g/mol. The van der Waals surface area contributed by atoms with Gasteiger partial charge in [-0.2, -0.15) is 0 Å². The highest BCUT2D eigenvalue weighted by molar-refractivity contribution is 5.94. The Kier molecular flexibility index (Phi) is 5.64. The third-order valence-electron chi connectivity index (χ3n) is 4.25. The van der Waals surface area contributed by atoms with E-state index in [1.807, 2.05) is 19.1 Å². The van der Waals surface area contributed by atoms with Gasteiger partial charge >= 0.3 is 0 Å². The molecule has 5 N–H and O–H groups in total. The van der Waals surface area contributed by atoms with Crippen molar-refractivity contribution in [2.75, 3.05) is 19.3 Å². The van der Waals surface area contributed by atoms with E-state index in [1.54, 1.807) is 31.5 Å². The molecule has 0 unspecified atom stereocenters. The number of nitrogen functional groups attached to an aromatic ring is 1. The smallest absolute Gasteiger partial charge is 0.251 e. The van der Waals surface area contributed by atoms with E-state index in [1.165, 1.54) is 0 Å². The number of hydrogen-bond acceptors (Lipinski definition) is 8. The summed E-state index contributed by atoms with van der Waals surface area (Å²) in [6.45, 7) is 2.11. The van der Waals surface area contributed by atoms with E-state index < -0.39 is 0 Å². The number of carbonyl (C=O) groups excluding carboxylic acids is 1. The molecule has 9 heteroatoms. The minimum absolute atomic E-state index is 0.205. The molecule has 0 aliphatic rings. The van der Waals surface area contributed by atoms with Gasteiger partial charge in [-0.25, -0.2) is 9.61 Å². The fourth-order valence-electron chi connectivity index (χ4n) is 2.71. The number of fused-ring (bicyclic) bond motifs is 1. The SMILES string of the molecule is CN=C/C=C(\N)CNC(=O)c1ccc(Cc2c(C)nc3nonc3c2N)cc1. The molecule has 0 saturated carbocycles. The number of aromatic nitrogens is 3. The molecule has 28 heavy (non-hydrogen) atoms. The van der Waals surface area contributed by atoms with Crippen LogP contribution >= 0.6 is 0 Å². The highest BCUT2D eigenvalue weighted by Gasteiger charge is 2.15. The lowest BCUT2D eigenvalue weighted by atomic mass is 10.0. The molecule has 0 radical (unpaired) electrons. The van der Waals surface area contributed by atoms with Crippen molar-refractivity contribution in [3.05, 3.63) is 58.4 Å². The lowest BCUT2D eigenvalue weighted by molar-refractivity contribution is 0.0957. The fraction of sp³-hybridized carbons (Fsp3) is 0.211. The average molecular weight is 379 g/mol. The predicted molar refractivity (Wildman–Crippen MR) is 107 cm³/mol. The Labute approximate surface area is 161 Å². The number of aliphatic imine (C=N–C) groups is 1. The third-order valence-corrected chi connectivity index (χ3v) is 4.25. The maximum Gasteiger partial charge on any atom is 0.251 e. The van der Waals surface area contributed by atoms with Crippen molar-refractivity contribution in [1.82, 2.24) is 20.6 Å². The summed E-state index contributed by atoms with van der Waals surface area (Å²) in [6.07, 6.45) is 3.78. The first-order valence-corrected chi connectivity index (χ1v) is 8.60. The first-order valence-electron chi connectivity index (χ1n) is 8.60. The number of allylic oxidation sites excluding steroid dienone is 1. The van der Waals surface area contributed by atoms with Gasteiger partial charge < -0.3 is 16.8 Å². The Balaban J connectivity index is 1.70. The van der Waals surface area contributed by atoms with Crippen molar-refractivity contribution >= 4 is 29.0 Å². The second-order valence-corrected chi connectivity index (χ2v) is 6.23. The summed E-state index contributed by atoms with van der Waals surface area (Å²) in [5, 5.41) is 10.3. The summed E-state index contributed by atoms with van der Waals surface area (Å²) in [5.74, 6) is -0.205. The van der Waals surface area contributed by atoms with Gasteiger partial charge in [0.25, 0.3) is 5.91 Å². The molecule has 0 fully saturated rings. The van der Waals surface area contributed by atoms with Gasteiger partial charge in [0.1, 0.15) is 0 Å². The van der Waals surface area contributed by atoms with Gasteiger partial charge in [-0.1, -0.05) is 12.1 Å². The molecule has 2 aromatic heterocycles. The van der Waals surface area contributed by atoms with Crippen LogP contribution in [0.5, 0.6) is 0 Å². The Morgan fingerprint density at radius 2 is 2.04 bits per heavy atom. The molecular formula is C19H21N7O2. The summed E-state index contributed by atoms with van der Waals surface area (Å²) in [5.41, 5.74) is 17.0. The number of carbonyl (C=O) groups is 1. The van der Waals surface area contributed by atoms with Crippen LogP contribution < -0.4 is 16.8 Å². The van der Waals surface area contributed by atoms with Crippen LogP contribution in [0.1, 0.15) is 27.2 Å². The number of nitrogens with two attached hydrogens (primary N) is 2. The van der Waals surface area contributed by atoms with Gasteiger partial charge in [-0.3, -0.25) is 9.79 Å². The lowest BCUT2D eigenvalue weighted by Crippen LogP contribution is -2.27. The Hall–Kier alpha value is -3.75. The highest BCUT2D eigenvalue weighted by Crippen LogP contribution is 2.25. The molecule has 1 aromatic carbocycles. The first-order chi connectivity index (χ1) is 13.5. The minimum Gasteiger partial charge on any atom is -0.401 e. The van der Waals surface area contributed by atoms with E-state index in [0.29, 0.717) is 34.5 Å². The van der Waals surface area contributed by atoms with Gasteiger partial charge in [0.05, 0.1) is 12.2 Å². The molecular weight excluding hydrogens is 358 g/mol. The van der Waals surface area contributed by atoms with Crippen LogP contribution in [0.2, 0.25) is 0 Å². The normalized spacial score (nSPS) is 12.0. The molecule has 0 saturated heterocycles. The number of pyridine rings is 1. The molecule has 3 rings (SSSR count). The number of aryl methyl sites for hydroxylation is 1. The second-order valence-electron chi connectivity index (χ2n) is 6.23. The molecule has 0 spiro atoms. The maximum atomic E-state index is 12.2. The Bertz CT molecular complexity index is 1050. The maximum absolute atomic E-state index is 12.2. The zero-order chi connectivity index (χ0) is 20.1. The summed E-state index contributed by atoms with van der Waals surface area (Å²) in [7, 11) is 1.65. The quantitative estimate of drug-likeness (QED) is 0.548. The molecule has 3 aromatic rings. The zero-order valence-electron chi connectivity index (χ0n) is 15.6. The number of rotatable bonds is 6. The number of nitrogens with one attached hydrogen (secondary N) is 1. The molecule has 2 heterocycles. The summed E-state index contributed by atoms with van der Waals surface area (Å²) < 4.78 is 4.70. The number of anilines is 1. The van der Waals surface area contributed by atoms with E-state index in [0.717, 1.165) is 16.8 Å². The molecule has 1 amide bonds. The van der Waals surface area contributed by atoms with Crippen molar-refractivity contribution in [3.8, 4) is 0 Å². The van der Waals surface area contributed by atoms with Crippen molar-refractivity contribution in [3.63, 3.8) is 0 Å². The zero-order valence-corrected chi connectivity index (χ0v) is 15.6.